The van der Waals surface area contributed by atoms with Gasteiger partial charge in [0.1, 0.15) is 0 Å². The number of ether oxygens (including phenoxy) is 1. The minimum Gasteiger partial charge on any atom is -0.466 e. The molecule has 158 valence electrons. The van der Waals surface area contributed by atoms with Crippen molar-refractivity contribution in [3.05, 3.63) is 0 Å². The minimum absolute atomic E-state index is 0.0484. The van der Waals surface area contributed by atoms with E-state index in [0.29, 0.717) is 51.4 Å². The highest BCUT2D eigenvalue weighted by Gasteiger charge is 2.35. The molecule has 0 aromatic heterocycles. The largest absolute Gasteiger partial charge is 0.466 e. The number of esters is 1. The Morgan fingerprint density at radius 2 is 1.86 bits per heavy atom. The fraction of sp³-hybridized carbons (Fsp3) is 0.850. The van der Waals surface area contributed by atoms with Crippen molar-refractivity contribution in [1.82, 2.24) is 20.4 Å². The van der Waals surface area contributed by atoms with Gasteiger partial charge in [-0.15, -0.1) is 0 Å². The number of hydrogen-bond acceptors (Lipinski definition) is 5. The normalized spacial score (nSPS) is 24.3. The molecule has 3 aliphatic heterocycles. The quantitative estimate of drug-likeness (QED) is 0.628. The zero-order chi connectivity index (χ0) is 19.9. The summed E-state index contributed by atoms with van der Waals surface area (Å²) in [6.07, 6.45) is 5.00. The molecule has 1 unspecified atom stereocenters. The van der Waals surface area contributed by atoms with Gasteiger partial charge in [-0.3, -0.25) is 9.59 Å². The Bertz CT molecular complexity index is 556. The van der Waals surface area contributed by atoms with E-state index in [-0.39, 0.29) is 29.9 Å². The van der Waals surface area contributed by atoms with Crippen LogP contribution in [-0.4, -0.2) is 79.6 Å². The standard InChI is InChI=1S/C20H34N4O4/c1-2-28-19(26)16-6-10-23(11-7-16)18(25)13-17-14-22-20(27)24(17)12-5-15-3-8-21-9-4-15/h15-17,21H,2-14H2,1H3,(H,22,27). The summed E-state index contributed by atoms with van der Waals surface area (Å²) in [6.45, 7) is 6.76. The average molecular weight is 395 g/mol. The number of likely N-dealkylation sites (tertiary alicyclic amines) is 1. The lowest BCUT2D eigenvalue weighted by molar-refractivity contribution is -0.151. The molecule has 0 bridgehead atoms. The molecule has 0 aliphatic carbocycles. The molecule has 0 saturated carbocycles. The van der Waals surface area contributed by atoms with Gasteiger partial charge in [-0.05, 0) is 58.0 Å². The first kappa shape index (κ1) is 20.9. The van der Waals surface area contributed by atoms with Crippen molar-refractivity contribution >= 4 is 17.9 Å². The van der Waals surface area contributed by atoms with Crippen LogP contribution < -0.4 is 10.6 Å². The molecular formula is C20H34N4O4. The highest BCUT2D eigenvalue weighted by atomic mass is 16.5. The maximum Gasteiger partial charge on any atom is 0.317 e. The molecule has 0 aromatic rings. The van der Waals surface area contributed by atoms with Gasteiger partial charge in [0.2, 0.25) is 5.91 Å². The van der Waals surface area contributed by atoms with Crippen LogP contribution in [0.25, 0.3) is 0 Å². The molecule has 3 saturated heterocycles. The number of urea groups is 1. The number of carbonyl (C=O) groups excluding carboxylic acids is 3. The fourth-order valence-electron chi connectivity index (χ4n) is 4.50. The smallest absolute Gasteiger partial charge is 0.317 e. The molecule has 8 heteroatoms. The molecule has 0 radical (unpaired) electrons. The molecule has 0 spiro atoms. The van der Waals surface area contributed by atoms with Gasteiger partial charge in [0.15, 0.2) is 0 Å². The lowest BCUT2D eigenvalue weighted by Crippen LogP contribution is -2.44. The molecule has 28 heavy (non-hydrogen) atoms. The van der Waals surface area contributed by atoms with E-state index >= 15 is 0 Å². The molecule has 2 N–H and O–H groups in total. The molecule has 8 nitrogen and oxygen atoms in total. The Morgan fingerprint density at radius 3 is 2.54 bits per heavy atom. The summed E-state index contributed by atoms with van der Waals surface area (Å²) in [5.74, 6) is 0.494. The van der Waals surface area contributed by atoms with Gasteiger partial charge in [-0.2, -0.15) is 0 Å². The Morgan fingerprint density at radius 1 is 1.14 bits per heavy atom. The summed E-state index contributed by atoms with van der Waals surface area (Å²) >= 11 is 0. The number of nitrogens with zero attached hydrogens (tertiary/aromatic N) is 2. The first-order chi connectivity index (χ1) is 13.6. The SMILES string of the molecule is CCOC(=O)C1CCN(C(=O)CC2CNC(=O)N2CCC2CCNCC2)CC1. The molecule has 0 aromatic carbocycles. The Hall–Kier alpha value is -1.83. The second kappa shape index (κ2) is 10.1. The van der Waals surface area contributed by atoms with Crippen LogP contribution in [0, 0.1) is 11.8 Å². The van der Waals surface area contributed by atoms with E-state index in [1.165, 1.54) is 0 Å². The van der Waals surface area contributed by atoms with Crippen molar-refractivity contribution in [2.45, 2.75) is 51.5 Å². The van der Waals surface area contributed by atoms with E-state index in [1.807, 2.05) is 16.7 Å². The first-order valence-electron chi connectivity index (χ1n) is 10.8. The molecular weight excluding hydrogens is 360 g/mol. The summed E-state index contributed by atoms with van der Waals surface area (Å²) in [7, 11) is 0. The maximum atomic E-state index is 12.8. The van der Waals surface area contributed by atoms with Gasteiger partial charge in [-0.1, -0.05) is 0 Å². The Balaban J connectivity index is 1.44. The minimum atomic E-state index is -0.149. The summed E-state index contributed by atoms with van der Waals surface area (Å²) in [5.41, 5.74) is 0. The predicted molar refractivity (Wildman–Crippen MR) is 105 cm³/mol. The number of hydrogen-bond donors (Lipinski definition) is 2. The number of piperidine rings is 2. The van der Waals surface area contributed by atoms with E-state index in [1.54, 1.807) is 0 Å². The molecule has 3 heterocycles. The van der Waals surface area contributed by atoms with Crippen molar-refractivity contribution in [2.24, 2.45) is 11.8 Å². The van der Waals surface area contributed by atoms with Crippen LogP contribution in [0.2, 0.25) is 0 Å². The van der Waals surface area contributed by atoms with Gasteiger partial charge in [0, 0.05) is 32.6 Å². The van der Waals surface area contributed by atoms with Crippen LogP contribution in [0.5, 0.6) is 0 Å². The van der Waals surface area contributed by atoms with Crippen LogP contribution in [0.3, 0.4) is 0 Å². The highest BCUT2D eigenvalue weighted by Crippen LogP contribution is 2.22. The molecule has 3 amide bonds. The molecule has 1 atom stereocenters. The third-order valence-electron chi connectivity index (χ3n) is 6.31. The summed E-state index contributed by atoms with van der Waals surface area (Å²) in [4.78, 5) is 40.5. The van der Waals surface area contributed by atoms with Crippen molar-refractivity contribution in [1.29, 1.82) is 0 Å². The van der Waals surface area contributed by atoms with Gasteiger partial charge in [-0.25, -0.2) is 4.79 Å². The van der Waals surface area contributed by atoms with Crippen molar-refractivity contribution in [2.75, 3.05) is 45.9 Å². The van der Waals surface area contributed by atoms with Crippen LogP contribution in [-0.2, 0) is 14.3 Å². The van der Waals surface area contributed by atoms with E-state index < -0.39 is 0 Å². The molecule has 3 fully saturated rings. The second-order valence-electron chi connectivity index (χ2n) is 8.13. The van der Waals surface area contributed by atoms with Crippen LogP contribution >= 0.6 is 0 Å². The monoisotopic (exact) mass is 394 g/mol. The zero-order valence-electron chi connectivity index (χ0n) is 17.0. The average Bonchev–Trinajstić information content (AvgIpc) is 3.06. The van der Waals surface area contributed by atoms with Crippen molar-refractivity contribution < 1.29 is 19.1 Å². The summed E-state index contributed by atoms with van der Waals surface area (Å²) in [6, 6.07) is -0.114. The number of amides is 3. The van der Waals surface area contributed by atoms with Crippen molar-refractivity contribution in [3.8, 4) is 0 Å². The number of carbonyl (C=O) groups is 3. The molecule has 3 rings (SSSR count). The molecule has 3 aliphatic rings. The Kier molecular flexibility index (Phi) is 7.53. The van der Waals surface area contributed by atoms with Crippen molar-refractivity contribution in [3.63, 3.8) is 0 Å². The first-order valence-corrected chi connectivity index (χ1v) is 10.8. The lowest BCUT2D eigenvalue weighted by atomic mass is 9.94. The van der Waals surface area contributed by atoms with E-state index in [4.69, 9.17) is 4.74 Å². The van der Waals surface area contributed by atoms with Gasteiger partial charge in [0.05, 0.1) is 18.6 Å². The zero-order valence-corrected chi connectivity index (χ0v) is 17.0. The second-order valence-corrected chi connectivity index (χ2v) is 8.13. The van der Waals surface area contributed by atoms with Crippen LogP contribution in [0.15, 0.2) is 0 Å². The van der Waals surface area contributed by atoms with Crippen LogP contribution in [0.1, 0.15) is 45.4 Å². The summed E-state index contributed by atoms with van der Waals surface area (Å²) in [5, 5.41) is 6.26. The van der Waals surface area contributed by atoms with Gasteiger partial charge < -0.3 is 25.2 Å². The number of rotatable bonds is 7. The van der Waals surface area contributed by atoms with E-state index in [2.05, 4.69) is 10.6 Å². The fourth-order valence-corrected chi connectivity index (χ4v) is 4.50. The maximum absolute atomic E-state index is 12.8. The van der Waals surface area contributed by atoms with Crippen LogP contribution in [0.4, 0.5) is 4.79 Å². The van der Waals surface area contributed by atoms with Gasteiger partial charge in [0.25, 0.3) is 0 Å². The third kappa shape index (κ3) is 5.37. The van der Waals surface area contributed by atoms with E-state index in [9.17, 15) is 14.4 Å². The number of nitrogens with one attached hydrogen (secondary N) is 2. The highest BCUT2D eigenvalue weighted by molar-refractivity contribution is 5.81. The predicted octanol–water partition coefficient (Wildman–Crippen LogP) is 0.962. The van der Waals surface area contributed by atoms with E-state index in [0.717, 1.165) is 38.9 Å². The lowest BCUT2D eigenvalue weighted by Gasteiger charge is -2.33. The Labute approximate surface area is 167 Å². The summed E-state index contributed by atoms with van der Waals surface area (Å²) < 4.78 is 5.09. The third-order valence-corrected chi connectivity index (χ3v) is 6.31. The van der Waals surface area contributed by atoms with Gasteiger partial charge >= 0.3 is 12.0 Å². The topological polar surface area (TPSA) is 91.0 Å².